The monoisotopic (exact) mass is 250 g/mol. The van der Waals surface area contributed by atoms with E-state index in [0.717, 1.165) is 37.4 Å². The maximum atomic E-state index is 12.2. The fraction of sp³-hybridized carbons (Fsp3) is 0.692. The first kappa shape index (κ1) is 13.1. The SMILES string of the molecule is CCC1NCCN(Cc2cc(C)nn2CC)C1=O. The minimum absolute atomic E-state index is 0.0159. The first-order valence-electron chi connectivity index (χ1n) is 6.71. The van der Waals surface area contributed by atoms with Gasteiger partial charge in [0, 0.05) is 19.6 Å². The van der Waals surface area contributed by atoms with E-state index in [-0.39, 0.29) is 11.9 Å². The van der Waals surface area contributed by atoms with Crippen LogP contribution >= 0.6 is 0 Å². The van der Waals surface area contributed by atoms with Gasteiger partial charge in [0.05, 0.1) is 24.0 Å². The largest absolute Gasteiger partial charge is 0.334 e. The van der Waals surface area contributed by atoms with Crippen molar-refractivity contribution in [3.8, 4) is 0 Å². The number of carbonyl (C=O) groups is 1. The average molecular weight is 250 g/mol. The summed E-state index contributed by atoms with van der Waals surface area (Å²) >= 11 is 0. The lowest BCUT2D eigenvalue weighted by Gasteiger charge is -2.32. The molecule has 0 aliphatic carbocycles. The molecule has 1 atom stereocenters. The zero-order valence-electron chi connectivity index (χ0n) is 11.4. The molecule has 1 saturated heterocycles. The van der Waals surface area contributed by atoms with Crippen molar-refractivity contribution in [3.63, 3.8) is 0 Å². The van der Waals surface area contributed by atoms with E-state index in [4.69, 9.17) is 0 Å². The molecule has 0 spiro atoms. The lowest BCUT2D eigenvalue weighted by molar-refractivity contribution is -0.136. The Morgan fingerprint density at radius 1 is 1.50 bits per heavy atom. The predicted molar refractivity (Wildman–Crippen MR) is 70.1 cm³/mol. The van der Waals surface area contributed by atoms with Crippen LogP contribution in [0, 0.1) is 6.92 Å². The summed E-state index contributed by atoms with van der Waals surface area (Å²) in [6.07, 6.45) is 0.849. The van der Waals surface area contributed by atoms with Crippen molar-refractivity contribution in [1.29, 1.82) is 0 Å². The molecule has 1 N–H and O–H groups in total. The fourth-order valence-electron chi connectivity index (χ4n) is 2.46. The van der Waals surface area contributed by atoms with Gasteiger partial charge < -0.3 is 10.2 Å². The summed E-state index contributed by atoms with van der Waals surface area (Å²) in [7, 11) is 0. The van der Waals surface area contributed by atoms with Gasteiger partial charge in [-0.2, -0.15) is 5.10 Å². The molecule has 5 heteroatoms. The molecule has 1 aliphatic rings. The summed E-state index contributed by atoms with van der Waals surface area (Å²) in [5, 5.41) is 7.68. The zero-order chi connectivity index (χ0) is 13.1. The molecule has 1 amide bonds. The fourth-order valence-corrected chi connectivity index (χ4v) is 2.46. The van der Waals surface area contributed by atoms with Gasteiger partial charge in [0.1, 0.15) is 0 Å². The van der Waals surface area contributed by atoms with Gasteiger partial charge in [0.2, 0.25) is 5.91 Å². The molecule has 18 heavy (non-hydrogen) atoms. The van der Waals surface area contributed by atoms with Gasteiger partial charge in [-0.3, -0.25) is 9.48 Å². The van der Waals surface area contributed by atoms with Crippen molar-refractivity contribution in [2.24, 2.45) is 0 Å². The Morgan fingerprint density at radius 2 is 2.28 bits per heavy atom. The highest BCUT2D eigenvalue weighted by atomic mass is 16.2. The average Bonchev–Trinajstić information content (AvgIpc) is 2.72. The number of nitrogens with zero attached hydrogens (tertiary/aromatic N) is 3. The lowest BCUT2D eigenvalue weighted by atomic mass is 10.1. The van der Waals surface area contributed by atoms with Crippen LogP contribution in [0.1, 0.15) is 31.7 Å². The molecule has 2 heterocycles. The molecule has 0 bridgehead atoms. The highest BCUT2D eigenvalue weighted by molar-refractivity contribution is 5.82. The van der Waals surface area contributed by atoms with Crippen LogP contribution in [0.15, 0.2) is 6.07 Å². The standard InChI is InChI=1S/C13H22N4O/c1-4-12-13(18)16(7-6-14-12)9-11-8-10(3)15-17(11)5-2/h8,12,14H,4-7,9H2,1-3H3. The smallest absolute Gasteiger partial charge is 0.240 e. The number of amides is 1. The summed E-state index contributed by atoms with van der Waals surface area (Å²) in [5.41, 5.74) is 2.14. The summed E-state index contributed by atoms with van der Waals surface area (Å²) in [6, 6.07) is 2.05. The molecule has 5 nitrogen and oxygen atoms in total. The first-order chi connectivity index (χ1) is 8.65. The summed E-state index contributed by atoms with van der Waals surface area (Å²) in [6.45, 7) is 9.28. The van der Waals surface area contributed by atoms with E-state index in [1.807, 2.05) is 23.4 Å². The quantitative estimate of drug-likeness (QED) is 0.864. The van der Waals surface area contributed by atoms with Gasteiger partial charge in [-0.1, -0.05) is 6.92 Å². The molecule has 0 aromatic carbocycles. The van der Waals surface area contributed by atoms with Crippen molar-refractivity contribution < 1.29 is 4.79 Å². The van der Waals surface area contributed by atoms with E-state index < -0.39 is 0 Å². The second-order valence-corrected chi connectivity index (χ2v) is 4.77. The van der Waals surface area contributed by atoms with Gasteiger partial charge in [0.25, 0.3) is 0 Å². The molecule has 1 aliphatic heterocycles. The van der Waals surface area contributed by atoms with Crippen LogP contribution in [0.4, 0.5) is 0 Å². The Hall–Kier alpha value is -1.36. The van der Waals surface area contributed by atoms with Crippen LogP contribution < -0.4 is 5.32 Å². The highest BCUT2D eigenvalue weighted by Crippen LogP contribution is 2.12. The van der Waals surface area contributed by atoms with Crippen molar-refractivity contribution in [2.75, 3.05) is 13.1 Å². The summed E-state index contributed by atoms with van der Waals surface area (Å²) in [4.78, 5) is 14.1. The number of carbonyl (C=O) groups excluding carboxylic acids is 1. The number of rotatable bonds is 4. The second-order valence-electron chi connectivity index (χ2n) is 4.77. The Labute approximate surface area is 108 Å². The Balaban J connectivity index is 2.10. The molecule has 0 saturated carbocycles. The first-order valence-corrected chi connectivity index (χ1v) is 6.71. The maximum Gasteiger partial charge on any atom is 0.240 e. The number of aryl methyl sites for hydroxylation is 2. The van der Waals surface area contributed by atoms with Crippen LogP contribution in [-0.2, 0) is 17.9 Å². The van der Waals surface area contributed by atoms with Gasteiger partial charge >= 0.3 is 0 Å². The summed E-state index contributed by atoms with van der Waals surface area (Å²) in [5.74, 6) is 0.213. The van der Waals surface area contributed by atoms with Crippen molar-refractivity contribution in [1.82, 2.24) is 20.0 Å². The molecule has 1 aromatic heterocycles. The molecule has 100 valence electrons. The lowest BCUT2D eigenvalue weighted by Crippen LogP contribution is -2.54. The highest BCUT2D eigenvalue weighted by Gasteiger charge is 2.27. The van der Waals surface area contributed by atoms with E-state index in [9.17, 15) is 4.79 Å². The van der Waals surface area contributed by atoms with Crippen molar-refractivity contribution in [2.45, 2.75) is 46.3 Å². The number of hydrogen-bond acceptors (Lipinski definition) is 3. The minimum Gasteiger partial charge on any atom is -0.334 e. The van der Waals surface area contributed by atoms with Crippen LogP contribution in [0.25, 0.3) is 0 Å². The third kappa shape index (κ3) is 2.56. The molecular weight excluding hydrogens is 228 g/mol. The Bertz CT molecular complexity index is 427. The van der Waals surface area contributed by atoms with Crippen LogP contribution in [0.3, 0.4) is 0 Å². The molecule has 1 aromatic rings. The van der Waals surface area contributed by atoms with E-state index in [2.05, 4.69) is 23.4 Å². The molecule has 2 rings (SSSR count). The molecule has 1 unspecified atom stereocenters. The number of aromatic nitrogens is 2. The Morgan fingerprint density at radius 3 is 2.94 bits per heavy atom. The predicted octanol–water partition coefficient (Wildman–Crippen LogP) is 0.922. The van der Waals surface area contributed by atoms with Crippen LogP contribution in [0.2, 0.25) is 0 Å². The minimum atomic E-state index is -0.0159. The normalized spacial score (nSPS) is 20.5. The van der Waals surface area contributed by atoms with Gasteiger partial charge in [-0.05, 0) is 26.3 Å². The maximum absolute atomic E-state index is 12.2. The van der Waals surface area contributed by atoms with Crippen molar-refractivity contribution >= 4 is 5.91 Å². The molecule has 0 radical (unpaired) electrons. The third-order valence-corrected chi connectivity index (χ3v) is 3.43. The van der Waals surface area contributed by atoms with E-state index in [1.165, 1.54) is 0 Å². The van der Waals surface area contributed by atoms with Crippen molar-refractivity contribution in [3.05, 3.63) is 17.5 Å². The topological polar surface area (TPSA) is 50.2 Å². The van der Waals surface area contributed by atoms with Crippen LogP contribution in [-0.4, -0.2) is 39.7 Å². The van der Waals surface area contributed by atoms with Crippen LogP contribution in [0.5, 0.6) is 0 Å². The number of hydrogen-bond donors (Lipinski definition) is 1. The van der Waals surface area contributed by atoms with E-state index in [0.29, 0.717) is 6.54 Å². The second kappa shape index (κ2) is 5.52. The van der Waals surface area contributed by atoms with Gasteiger partial charge in [0.15, 0.2) is 0 Å². The Kier molecular flexibility index (Phi) is 4.01. The number of nitrogens with one attached hydrogen (secondary N) is 1. The van der Waals surface area contributed by atoms with Gasteiger partial charge in [-0.15, -0.1) is 0 Å². The molecular formula is C13H22N4O. The van der Waals surface area contributed by atoms with E-state index in [1.54, 1.807) is 0 Å². The number of piperazine rings is 1. The molecule has 1 fully saturated rings. The third-order valence-electron chi connectivity index (χ3n) is 3.43. The van der Waals surface area contributed by atoms with Gasteiger partial charge in [-0.25, -0.2) is 0 Å². The zero-order valence-corrected chi connectivity index (χ0v) is 11.4. The van der Waals surface area contributed by atoms with E-state index >= 15 is 0 Å². The summed E-state index contributed by atoms with van der Waals surface area (Å²) < 4.78 is 1.98.